The van der Waals surface area contributed by atoms with E-state index >= 15 is 0 Å². The molecule has 0 unspecified atom stereocenters. The van der Waals surface area contributed by atoms with Gasteiger partial charge in [0.15, 0.2) is 6.79 Å². The van der Waals surface area contributed by atoms with E-state index in [2.05, 4.69) is 0 Å². The molecule has 8 heteroatoms. The highest BCUT2D eigenvalue weighted by Crippen LogP contribution is 2.34. The third kappa shape index (κ3) is 3.56. The number of nitro groups is 1. The van der Waals surface area contributed by atoms with Gasteiger partial charge in [0, 0.05) is 48.0 Å². The second kappa shape index (κ2) is 7.24. The van der Waals surface area contributed by atoms with Gasteiger partial charge in [0.25, 0.3) is 5.69 Å². The summed E-state index contributed by atoms with van der Waals surface area (Å²) in [6.07, 6.45) is 1.41. The minimum atomic E-state index is -0.446. The van der Waals surface area contributed by atoms with Crippen molar-refractivity contribution in [3.8, 4) is 11.5 Å². The molecule has 27 heavy (non-hydrogen) atoms. The number of nitro benzene ring substituents is 1. The number of nitrogens with zero attached hydrogens (tertiary/aromatic N) is 2. The molecule has 0 spiro atoms. The van der Waals surface area contributed by atoms with E-state index in [0.717, 1.165) is 12.1 Å². The summed E-state index contributed by atoms with van der Waals surface area (Å²) in [6, 6.07) is 10.2. The van der Waals surface area contributed by atoms with E-state index in [1.54, 1.807) is 17.0 Å². The number of hydrogen-bond donors (Lipinski definition) is 0. The van der Waals surface area contributed by atoms with Gasteiger partial charge in [-0.3, -0.25) is 14.9 Å². The smallest absolute Gasteiger partial charge is 0.270 e. The zero-order valence-electron chi connectivity index (χ0n) is 14.6. The first-order valence-electron chi connectivity index (χ1n) is 8.66. The normalized spacial score (nSPS) is 16.0. The predicted molar refractivity (Wildman–Crippen MR) is 95.7 cm³/mol. The summed E-state index contributed by atoms with van der Waals surface area (Å²) in [5.74, 6) is 1.26. The molecule has 2 aromatic rings. The third-order valence-electron chi connectivity index (χ3n) is 4.58. The van der Waals surface area contributed by atoms with Crippen LogP contribution in [0.15, 0.2) is 36.4 Å². The molecular weight excluding hydrogens is 352 g/mol. The Morgan fingerprint density at radius 2 is 2.15 bits per heavy atom. The van der Waals surface area contributed by atoms with Crippen molar-refractivity contribution < 1.29 is 23.9 Å². The number of carbonyl (C=O) groups is 1. The van der Waals surface area contributed by atoms with Crippen LogP contribution < -0.4 is 14.4 Å². The maximum Gasteiger partial charge on any atom is 0.270 e. The van der Waals surface area contributed by atoms with Gasteiger partial charge < -0.3 is 19.1 Å². The highest BCUT2D eigenvalue weighted by atomic mass is 16.7. The SMILES string of the molecule is O=C1CCCN1c1cccc(OCc2cc([N+](=O)[O-])cc3c2OCOC3)c1. The van der Waals surface area contributed by atoms with E-state index in [4.69, 9.17) is 14.2 Å². The molecule has 0 aliphatic carbocycles. The summed E-state index contributed by atoms with van der Waals surface area (Å²) < 4.78 is 16.6. The number of amides is 1. The molecule has 2 aliphatic heterocycles. The van der Waals surface area contributed by atoms with Gasteiger partial charge in [-0.25, -0.2) is 0 Å². The zero-order chi connectivity index (χ0) is 18.8. The summed E-state index contributed by atoms with van der Waals surface area (Å²) in [7, 11) is 0. The molecule has 0 aromatic heterocycles. The van der Waals surface area contributed by atoms with Crippen molar-refractivity contribution in [2.75, 3.05) is 18.2 Å². The van der Waals surface area contributed by atoms with E-state index in [9.17, 15) is 14.9 Å². The van der Waals surface area contributed by atoms with Gasteiger partial charge in [-0.15, -0.1) is 0 Å². The van der Waals surface area contributed by atoms with Crippen LogP contribution in [0, 0.1) is 10.1 Å². The van der Waals surface area contributed by atoms with Crippen molar-refractivity contribution >= 4 is 17.3 Å². The van der Waals surface area contributed by atoms with Crippen molar-refractivity contribution in [2.45, 2.75) is 26.1 Å². The van der Waals surface area contributed by atoms with Crippen molar-refractivity contribution in [1.29, 1.82) is 0 Å². The Morgan fingerprint density at radius 1 is 1.26 bits per heavy atom. The zero-order valence-corrected chi connectivity index (χ0v) is 14.6. The van der Waals surface area contributed by atoms with Crippen LogP contribution in [0.25, 0.3) is 0 Å². The van der Waals surface area contributed by atoms with Gasteiger partial charge in [-0.05, 0) is 18.6 Å². The summed E-state index contributed by atoms with van der Waals surface area (Å²) in [4.78, 5) is 24.4. The molecule has 0 N–H and O–H groups in total. The van der Waals surface area contributed by atoms with Crippen molar-refractivity contribution in [3.63, 3.8) is 0 Å². The summed E-state index contributed by atoms with van der Waals surface area (Å²) in [6.45, 7) is 1.18. The summed E-state index contributed by atoms with van der Waals surface area (Å²) in [5.41, 5.74) is 1.98. The van der Waals surface area contributed by atoms with Gasteiger partial charge in [-0.2, -0.15) is 0 Å². The van der Waals surface area contributed by atoms with E-state index in [1.165, 1.54) is 12.1 Å². The molecule has 1 fully saturated rings. The molecule has 1 amide bonds. The van der Waals surface area contributed by atoms with Gasteiger partial charge in [0.1, 0.15) is 18.1 Å². The fourth-order valence-electron chi connectivity index (χ4n) is 3.32. The molecule has 2 aliphatic rings. The maximum atomic E-state index is 11.9. The molecule has 0 radical (unpaired) electrons. The molecule has 8 nitrogen and oxygen atoms in total. The second-order valence-corrected chi connectivity index (χ2v) is 6.40. The number of anilines is 1. The first-order chi connectivity index (χ1) is 13.1. The number of benzene rings is 2. The maximum absolute atomic E-state index is 11.9. The molecular formula is C19H18N2O6. The lowest BCUT2D eigenvalue weighted by Gasteiger charge is -2.21. The average molecular weight is 370 g/mol. The van der Waals surface area contributed by atoms with Crippen LogP contribution in [0.2, 0.25) is 0 Å². The fraction of sp³-hybridized carbons (Fsp3) is 0.316. The first kappa shape index (κ1) is 17.3. The van der Waals surface area contributed by atoms with Crippen molar-refractivity contribution in [3.05, 3.63) is 57.6 Å². The Labute approximate surface area is 155 Å². The number of hydrogen-bond acceptors (Lipinski definition) is 6. The standard InChI is InChI=1S/C19H18N2O6/c22-18-5-2-6-20(18)15-3-1-4-17(9-15)26-11-14-8-16(21(23)24)7-13-10-25-12-27-19(13)14/h1,3-4,7-9H,2,5-6,10-12H2. The Kier molecular flexibility index (Phi) is 4.64. The number of non-ortho nitro benzene ring substituents is 1. The lowest BCUT2D eigenvalue weighted by molar-refractivity contribution is -0.385. The molecule has 4 rings (SSSR count). The van der Waals surface area contributed by atoms with Gasteiger partial charge >= 0.3 is 0 Å². The number of fused-ring (bicyclic) bond motifs is 1. The first-order valence-corrected chi connectivity index (χ1v) is 8.66. The number of rotatable bonds is 5. The highest BCUT2D eigenvalue weighted by Gasteiger charge is 2.23. The van der Waals surface area contributed by atoms with Crippen LogP contribution in [0.5, 0.6) is 11.5 Å². The summed E-state index contributed by atoms with van der Waals surface area (Å²) in [5, 5.41) is 11.2. The van der Waals surface area contributed by atoms with Crippen molar-refractivity contribution in [1.82, 2.24) is 0 Å². The lowest BCUT2D eigenvalue weighted by Crippen LogP contribution is -2.23. The number of ether oxygens (including phenoxy) is 3. The average Bonchev–Trinajstić information content (AvgIpc) is 3.12. The quantitative estimate of drug-likeness (QED) is 0.593. The fourth-order valence-corrected chi connectivity index (χ4v) is 3.32. The molecule has 140 valence electrons. The van der Waals surface area contributed by atoms with Gasteiger partial charge in [0.05, 0.1) is 11.5 Å². The van der Waals surface area contributed by atoms with Crippen LogP contribution in [-0.2, 0) is 22.7 Å². The molecule has 2 heterocycles. The van der Waals surface area contributed by atoms with E-state index in [-0.39, 0.29) is 31.6 Å². The van der Waals surface area contributed by atoms with Crippen LogP contribution in [0.1, 0.15) is 24.0 Å². The Balaban J connectivity index is 1.56. The minimum absolute atomic E-state index is 0.0298. The minimum Gasteiger partial charge on any atom is -0.489 e. The van der Waals surface area contributed by atoms with Crippen LogP contribution in [0.4, 0.5) is 11.4 Å². The van der Waals surface area contributed by atoms with Crippen LogP contribution in [-0.4, -0.2) is 24.2 Å². The van der Waals surface area contributed by atoms with E-state index < -0.39 is 4.92 Å². The van der Waals surface area contributed by atoms with Crippen LogP contribution >= 0.6 is 0 Å². The van der Waals surface area contributed by atoms with E-state index in [0.29, 0.717) is 35.6 Å². The Morgan fingerprint density at radius 3 is 2.93 bits per heavy atom. The lowest BCUT2D eigenvalue weighted by atomic mass is 10.1. The predicted octanol–water partition coefficient (Wildman–Crippen LogP) is 3.17. The summed E-state index contributed by atoms with van der Waals surface area (Å²) >= 11 is 0. The number of carbonyl (C=O) groups excluding carboxylic acids is 1. The van der Waals surface area contributed by atoms with Crippen molar-refractivity contribution in [2.24, 2.45) is 0 Å². The van der Waals surface area contributed by atoms with Gasteiger partial charge in [0.2, 0.25) is 5.91 Å². The largest absolute Gasteiger partial charge is 0.489 e. The Hall–Kier alpha value is -3.13. The molecule has 0 saturated carbocycles. The highest BCUT2D eigenvalue weighted by molar-refractivity contribution is 5.95. The molecule has 0 bridgehead atoms. The third-order valence-corrected chi connectivity index (χ3v) is 4.58. The van der Waals surface area contributed by atoms with E-state index in [1.807, 2.05) is 12.1 Å². The Bertz CT molecular complexity index is 898. The van der Waals surface area contributed by atoms with Crippen LogP contribution in [0.3, 0.4) is 0 Å². The topological polar surface area (TPSA) is 91.1 Å². The van der Waals surface area contributed by atoms with Gasteiger partial charge in [-0.1, -0.05) is 6.07 Å². The molecule has 2 aromatic carbocycles. The second-order valence-electron chi connectivity index (χ2n) is 6.40. The monoisotopic (exact) mass is 370 g/mol. The molecule has 1 saturated heterocycles. The molecule has 0 atom stereocenters.